The van der Waals surface area contributed by atoms with E-state index in [1.807, 2.05) is 0 Å². The fourth-order valence-electron chi connectivity index (χ4n) is 7.49. The van der Waals surface area contributed by atoms with Gasteiger partial charge >= 0.3 is 0 Å². The van der Waals surface area contributed by atoms with Crippen LogP contribution in [0.1, 0.15) is 49.1 Å². The van der Waals surface area contributed by atoms with Gasteiger partial charge in [0.2, 0.25) is 0 Å². The van der Waals surface area contributed by atoms with Crippen molar-refractivity contribution in [1.29, 1.82) is 0 Å². The van der Waals surface area contributed by atoms with E-state index >= 15 is 0 Å². The zero-order chi connectivity index (χ0) is 24.6. The topological polar surface area (TPSA) is 12.9 Å². The number of aromatic nitrogens is 1. The second kappa shape index (κ2) is 6.36. The molecule has 0 fully saturated rings. The van der Waals surface area contributed by atoms with Crippen LogP contribution < -0.4 is 0 Å². The molecular formula is C36H25N. The standard InChI is InChI=1S/C36H25N/c1-19-25-17-28-29(18-26(25)27-15-22-7-4-5-10-31(22)37-35(19)27)36(2,3)30-16-23-12-11-20-8-6-9-21-13-14-24(34(28)30)33(23)32(20)21/h4-19H,1-3H3. The average molecular weight is 472 g/mol. The number of hydrogen-bond acceptors (Lipinski definition) is 1. The van der Waals surface area contributed by atoms with E-state index in [1.54, 1.807) is 0 Å². The molecule has 0 N–H and O–H groups in total. The molecule has 6 aromatic carbocycles. The molecule has 1 heteroatoms. The Balaban J connectivity index is 1.38. The maximum atomic E-state index is 5.14. The highest BCUT2D eigenvalue weighted by atomic mass is 14.7. The lowest BCUT2D eigenvalue weighted by molar-refractivity contribution is 0.661. The summed E-state index contributed by atoms with van der Waals surface area (Å²) in [6, 6.07) is 34.3. The van der Waals surface area contributed by atoms with Crippen molar-refractivity contribution in [2.75, 3.05) is 0 Å². The minimum Gasteiger partial charge on any atom is -0.252 e. The first-order valence-corrected chi connectivity index (χ1v) is 13.3. The molecule has 7 aromatic rings. The van der Waals surface area contributed by atoms with Crippen LogP contribution in [0.25, 0.3) is 65.5 Å². The van der Waals surface area contributed by atoms with E-state index in [-0.39, 0.29) is 11.3 Å². The first-order valence-electron chi connectivity index (χ1n) is 13.3. The van der Waals surface area contributed by atoms with Gasteiger partial charge in [-0.15, -0.1) is 0 Å². The second-order valence-corrected chi connectivity index (χ2v) is 11.6. The molecule has 1 atom stereocenters. The van der Waals surface area contributed by atoms with E-state index in [0.717, 1.165) is 5.52 Å². The number of rotatable bonds is 0. The number of para-hydroxylation sites is 1. The smallest absolute Gasteiger partial charge is 0.0706 e. The summed E-state index contributed by atoms with van der Waals surface area (Å²) in [5.74, 6) is 0.284. The SMILES string of the molecule is CC1c2cc3c(cc2-c2cc4ccccc4nc21)C(C)(C)c1cc2ccc4cccc5ccc(c1-3)c2c45. The molecule has 1 unspecified atom stereocenters. The Morgan fingerprint density at radius 3 is 2.24 bits per heavy atom. The maximum Gasteiger partial charge on any atom is 0.0706 e. The lowest BCUT2D eigenvalue weighted by Crippen LogP contribution is -2.15. The van der Waals surface area contributed by atoms with E-state index in [9.17, 15) is 0 Å². The lowest BCUT2D eigenvalue weighted by atomic mass is 9.80. The molecule has 0 radical (unpaired) electrons. The van der Waals surface area contributed by atoms with Gasteiger partial charge in [0, 0.05) is 22.3 Å². The van der Waals surface area contributed by atoms with Gasteiger partial charge < -0.3 is 0 Å². The van der Waals surface area contributed by atoms with Gasteiger partial charge in [0.25, 0.3) is 0 Å². The van der Waals surface area contributed by atoms with Crippen LogP contribution in [0, 0.1) is 0 Å². The van der Waals surface area contributed by atoms with Crippen molar-refractivity contribution in [3.05, 3.63) is 113 Å². The Labute approximate surface area is 215 Å². The van der Waals surface area contributed by atoms with Crippen molar-refractivity contribution in [3.8, 4) is 22.3 Å². The van der Waals surface area contributed by atoms with Gasteiger partial charge in [0.15, 0.2) is 0 Å². The summed E-state index contributed by atoms with van der Waals surface area (Å²) in [7, 11) is 0. The van der Waals surface area contributed by atoms with Crippen molar-refractivity contribution in [1.82, 2.24) is 4.98 Å². The normalized spacial score (nSPS) is 17.0. The quantitative estimate of drug-likeness (QED) is 0.201. The Bertz CT molecular complexity index is 2110. The van der Waals surface area contributed by atoms with Gasteiger partial charge in [-0.1, -0.05) is 81.4 Å². The van der Waals surface area contributed by atoms with Crippen LogP contribution in [0.5, 0.6) is 0 Å². The Kier molecular flexibility index (Phi) is 3.42. The third-order valence-corrected chi connectivity index (χ3v) is 9.37. The fraction of sp³-hybridized carbons (Fsp3) is 0.139. The van der Waals surface area contributed by atoms with Gasteiger partial charge in [0.05, 0.1) is 11.2 Å². The molecule has 0 amide bonds. The van der Waals surface area contributed by atoms with Crippen LogP contribution in [0.4, 0.5) is 0 Å². The zero-order valence-electron chi connectivity index (χ0n) is 21.2. The highest BCUT2D eigenvalue weighted by Gasteiger charge is 2.40. The van der Waals surface area contributed by atoms with E-state index in [0.29, 0.717) is 0 Å². The lowest BCUT2D eigenvalue weighted by Gasteiger charge is -2.23. The van der Waals surface area contributed by atoms with Gasteiger partial charge in [-0.3, -0.25) is 4.98 Å². The van der Waals surface area contributed by atoms with Crippen molar-refractivity contribution in [3.63, 3.8) is 0 Å². The van der Waals surface area contributed by atoms with E-state index < -0.39 is 0 Å². The van der Waals surface area contributed by atoms with Crippen LogP contribution >= 0.6 is 0 Å². The summed E-state index contributed by atoms with van der Waals surface area (Å²) in [5, 5.41) is 9.39. The molecule has 174 valence electrons. The zero-order valence-corrected chi connectivity index (χ0v) is 21.2. The largest absolute Gasteiger partial charge is 0.252 e. The number of benzene rings is 6. The fourth-order valence-corrected chi connectivity index (χ4v) is 7.49. The first kappa shape index (κ1) is 19.9. The average Bonchev–Trinajstić information content (AvgIpc) is 3.31. The molecule has 37 heavy (non-hydrogen) atoms. The third kappa shape index (κ3) is 2.29. The molecule has 0 bridgehead atoms. The monoisotopic (exact) mass is 471 g/mol. The molecule has 1 nitrogen and oxygen atoms in total. The highest BCUT2D eigenvalue weighted by Crippen LogP contribution is 2.57. The molecule has 2 aliphatic rings. The predicted molar refractivity (Wildman–Crippen MR) is 156 cm³/mol. The summed E-state index contributed by atoms with van der Waals surface area (Å²) in [6.45, 7) is 7.13. The number of nitrogens with zero attached hydrogens (tertiary/aromatic N) is 1. The summed E-state index contributed by atoms with van der Waals surface area (Å²) in [5.41, 5.74) is 12.0. The summed E-state index contributed by atoms with van der Waals surface area (Å²) < 4.78 is 0. The van der Waals surface area contributed by atoms with E-state index in [1.165, 1.54) is 82.3 Å². The third-order valence-electron chi connectivity index (χ3n) is 9.37. The van der Waals surface area contributed by atoms with Crippen LogP contribution in [-0.2, 0) is 5.41 Å². The van der Waals surface area contributed by atoms with Crippen LogP contribution in [-0.4, -0.2) is 4.98 Å². The molecular weight excluding hydrogens is 446 g/mol. The Morgan fingerprint density at radius 2 is 1.38 bits per heavy atom. The van der Waals surface area contributed by atoms with Gasteiger partial charge in [-0.25, -0.2) is 0 Å². The number of fused-ring (bicyclic) bond motifs is 8. The molecule has 1 heterocycles. The van der Waals surface area contributed by atoms with E-state index in [2.05, 4.69) is 112 Å². The van der Waals surface area contributed by atoms with Gasteiger partial charge in [-0.2, -0.15) is 0 Å². The molecule has 9 rings (SSSR count). The van der Waals surface area contributed by atoms with Crippen molar-refractivity contribution < 1.29 is 0 Å². The maximum absolute atomic E-state index is 5.14. The van der Waals surface area contributed by atoms with Crippen LogP contribution in [0.2, 0.25) is 0 Å². The first-order chi connectivity index (χ1) is 18.0. The van der Waals surface area contributed by atoms with Crippen LogP contribution in [0.15, 0.2) is 91.0 Å². The summed E-state index contributed by atoms with van der Waals surface area (Å²) in [6.07, 6.45) is 0. The van der Waals surface area contributed by atoms with Gasteiger partial charge in [-0.05, 0) is 96.0 Å². The molecule has 2 aliphatic carbocycles. The number of hydrogen-bond donors (Lipinski definition) is 0. The minimum absolute atomic E-state index is 0.0690. The van der Waals surface area contributed by atoms with E-state index in [4.69, 9.17) is 4.98 Å². The highest BCUT2D eigenvalue weighted by molar-refractivity contribution is 6.26. The van der Waals surface area contributed by atoms with Crippen LogP contribution in [0.3, 0.4) is 0 Å². The molecule has 0 spiro atoms. The second-order valence-electron chi connectivity index (χ2n) is 11.6. The summed E-state index contributed by atoms with van der Waals surface area (Å²) >= 11 is 0. The van der Waals surface area contributed by atoms with Gasteiger partial charge in [0.1, 0.15) is 0 Å². The summed E-state index contributed by atoms with van der Waals surface area (Å²) in [4.78, 5) is 5.14. The minimum atomic E-state index is -0.0690. The molecule has 0 aliphatic heterocycles. The molecule has 1 aromatic heterocycles. The van der Waals surface area contributed by atoms with Crippen molar-refractivity contribution in [2.24, 2.45) is 0 Å². The Morgan fingerprint density at radius 1 is 0.622 bits per heavy atom. The number of pyridine rings is 1. The Hall–Kier alpha value is -4.23. The van der Waals surface area contributed by atoms with Crippen molar-refractivity contribution in [2.45, 2.75) is 32.1 Å². The molecule has 0 saturated carbocycles. The molecule has 0 saturated heterocycles. The van der Waals surface area contributed by atoms with Crippen molar-refractivity contribution >= 4 is 43.2 Å². The predicted octanol–water partition coefficient (Wildman–Crippen LogP) is 9.57.